The van der Waals surface area contributed by atoms with Crippen LogP contribution in [-0.2, 0) is 17.5 Å². The van der Waals surface area contributed by atoms with E-state index < -0.39 is 23.5 Å². The van der Waals surface area contributed by atoms with Gasteiger partial charge in [-0.2, -0.15) is 13.2 Å². The highest BCUT2D eigenvalue weighted by atomic mass is 35.5. The standard InChI is InChI=1S/C18H13ClF4N2O2/c19-14-8-12(20)3-1-10(14)9-25-16-7-11(18(21,22)23)2-4-13(16)15(24)5-6-17(26)27/h1-8,24-25H,9H2,(H,26,27)/b6-5+,24-15?. The van der Waals surface area contributed by atoms with Crippen LogP contribution < -0.4 is 5.32 Å². The number of halogens is 5. The second kappa shape index (κ2) is 8.22. The number of carboxylic acid groups (broad SMARTS) is 1. The van der Waals surface area contributed by atoms with Gasteiger partial charge in [0, 0.05) is 28.9 Å². The van der Waals surface area contributed by atoms with E-state index in [1.807, 2.05) is 0 Å². The Kier molecular flexibility index (Phi) is 6.22. The average molecular weight is 401 g/mol. The summed E-state index contributed by atoms with van der Waals surface area (Å²) < 4.78 is 52.1. The Morgan fingerprint density at radius 2 is 1.89 bits per heavy atom. The fourth-order valence-corrected chi connectivity index (χ4v) is 2.44. The van der Waals surface area contributed by atoms with E-state index in [2.05, 4.69) is 5.32 Å². The summed E-state index contributed by atoms with van der Waals surface area (Å²) in [5.74, 6) is -1.84. The van der Waals surface area contributed by atoms with Crippen LogP contribution in [0, 0.1) is 11.2 Å². The summed E-state index contributed by atoms with van der Waals surface area (Å²) in [5.41, 5.74) is -0.758. The van der Waals surface area contributed by atoms with Crippen molar-refractivity contribution in [3.05, 3.63) is 76.1 Å². The molecule has 4 nitrogen and oxygen atoms in total. The molecule has 2 aromatic rings. The van der Waals surface area contributed by atoms with Crippen LogP contribution in [0.25, 0.3) is 0 Å². The third-order valence-corrected chi connectivity index (χ3v) is 3.87. The highest BCUT2D eigenvalue weighted by Crippen LogP contribution is 2.33. The Hall–Kier alpha value is -2.87. The predicted octanol–water partition coefficient (Wildman–Crippen LogP) is 5.12. The van der Waals surface area contributed by atoms with Crippen LogP contribution in [0.3, 0.4) is 0 Å². The third-order valence-electron chi connectivity index (χ3n) is 3.51. The Balaban J connectivity index is 2.37. The van der Waals surface area contributed by atoms with Crippen molar-refractivity contribution in [3.8, 4) is 0 Å². The summed E-state index contributed by atoms with van der Waals surface area (Å²) >= 11 is 5.91. The molecule has 0 saturated carbocycles. The topological polar surface area (TPSA) is 73.2 Å². The van der Waals surface area contributed by atoms with Gasteiger partial charge in [0.1, 0.15) is 5.82 Å². The van der Waals surface area contributed by atoms with E-state index in [9.17, 15) is 22.4 Å². The van der Waals surface area contributed by atoms with Gasteiger partial charge in [0.25, 0.3) is 0 Å². The number of aliphatic carboxylic acids is 1. The molecule has 0 aliphatic carbocycles. The van der Waals surface area contributed by atoms with Crippen molar-refractivity contribution >= 4 is 29.0 Å². The van der Waals surface area contributed by atoms with E-state index in [0.717, 1.165) is 36.4 Å². The van der Waals surface area contributed by atoms with Crippen LogP contribution in [0.4, 0.5) is 23.2 Å². The van der Waals surface area contributed by atoms with E-state index in [1.54, 1.807) is 0 Å². The summed E-state index contributed by atoms with van der Waals surface area (Å²) in [5, 5.41) is 19.4. The molecule has 0 radical (unpaired) electrons. The first-order valence-corrected chi connectivity index (χ1v) is 7.84. The minimum atomic E-state index is -4.60. The number of carbonyl (C=O) groups is 1. The highest BCUT2D eigenvalue weighted by molar-refractivity contribution is 6.31. The van der Waals surface area contributed by atoms with Crippen LogP contribution in [-0.4, -0.2) is 16.8 Å². The second-order valence-corrected chi connectivity index (χ2v) is 5.84. The molecule has 0 aliphatic rings. The van der Waals surface area contributed by atoms with Crippen LogP contribution >= 0.6 is 11.6 Å². The number of hydrogen-bond donors (Lipinski definition) is 3. The fraction of sp³-hybridized carbons (Fsp3) is 0.111. The van der Waals surface area contributed by atoms with Crippen molar-refractivity contribution in [2.24, 2.45) is 0 Å². The molecule has 2 aromatic carbocycles. The summed E-state index contributed by atoms with van der Waals surface area (Å²) in [6, 6.07) is 6.31. The molecule has 27 heavy (non-hydrogen) atoms. The molecule has 3 N–H and O–H groups in total. The van der Waals surface area contributed by atoms with Crippen molar-refractivity contribution < 1.29 is 27.5 Å². The molecule has 0 heterocycles. The SMILES string of the molecule is N=C(/C=C/C(=O)O)c1ccc(C(F)(F)F)cc1NCc1ccc(F)cc1Cl. The van der Waals surface area contributed by atoms with E-state index in [0.29, 0.717) is 11.6 Å². The van der Waals surface area contributed by atoms with Crippen LogP contribution in [0.1, 0.15) is 16.7 Å². The zero-order chi connectivity index (χ0) is 20.2. The molecule has 9 heteroatoms. The number of anilines is 1. The van der Waals surface area contributed by atoms with E-state index in [4.69, 9.17) is 22.1 Å². The van der Waals surface area contributed by atoms with E-state index >= 15 is 0 Å². The second-order valence-electron chi connectivity index (χ2n) is 5.43. The number of nitrogens with one attached hydrogen (secondary N) is 2. The quantitative estimate of drug-likeness (QED) is 0.358. The van der Waals surface area contributed by atoms with E-state index in [-0.39, 0.29) is 28.5 Å². The number of carboxylic acids is 1. The lowest BCUT2D eigenvalue weighted by Crippen LogP contribution is -2.11. The molecule has 0 unspecified atom stereocenters. The van der Waals surface area contributed by atoms with Crippen molar-refractivity contribution in [3.63, 3.8) is 0 Å². The number of allylic oxidation sites excluding steroid dienone is 1. The Morgan fingerprint density at radius 1 is 1.19 bits per heavy atom. The number of benzene rings is 2. The first-order valence-electron chi connectivity index (χ1n) is 7.47. The normalized spacial score (nSPS) is 11.6. The summed E-state index contributed by atoms with van der Waals surface area (Å²) in [4.78, 5) is 10.6. The first-order chi connectivity index (χ1) is 12.6. The maximum absolute atomic E-state index is 13.1. The monoisotopic (exact) mass is 400 g/mol. The average Bonchev–Trinajstić information content (AvgIpc) is 2.58. The minimum absolute atomic E-state index is 0.0245. The highest BCUT2D eigenvalue weighted by Gasteiger charge is 2.31. The Labute approximate surface area is 156 Å². The largest absolute Gasteiger partial charge is 0.478 e. The number of alkyl halides is 3. The zero-order valence-corrected chi connectivity index (χ0v) is 14.3. The van der Waals surface area contributed by atoms with Gasteiger partial charge in [-0.25, -0.2) is 9.18 Å². The zero-order valence-electron chi connectivity index (χ0n) is 13.6. The first kappa shape index (κ1) is 20.4. The smallest absolute Gasteiger partial charge is 0.416 e. The van der Waals surface area contributed by atoms with E-state index in [1.165, 1.54) is 6.07 Å². The molecule has 0 aromatic heterocycles. The van der Waals surface area contributed by atoms with Crippen molar-refractivity contribution in [1.29, 1.82) is 5.41 Å². The number of hydrogen-bond acceptors (Lipinski definition) is 3. The maximum atomic E-state index is 13.1. The summed E-state index contributed by atoms with van der Waals surface area (Å²) in [7, 11) is 0. The van der Waals surface area contributed by atoms with Gasteiger partial charge in [0.15, 0.2) is 0 Å². The molecule has 0 aliphatic heterocycles. The van der Waals surface area contributed by atoms with Crippen molar-refractivity contribution in [1.82, 2.24) is 0 Å². The Bertz CT molecular complexity index is 911. The molecule has 0 bridgehead atoms. The van der Waals surface area contributed by atoms with Gasteiger partial charge in [-0.1, -0.05) is 23.7 Å². The van der Waals surface area contributed by atoms with Gasteiger partial charge in [-0.3, -0.25) is 0 Å². The number of rotatable bonds is 6. The van der Waals surface area contributed by atoms with Gasteiger partial charge in [0.05, 0.1) is 11.3 Å². The lowest BCUT2D eigenvalue weighted by molar-refractivity contribution is -0.137. The molecule has 0 saturated heterocycles. The fourth-order valence-electron chi connectivity index (χ4n) is 2.20. The van der Waals surface area contributed by atoms with Gasteiger partial charge >= 0.3 is 12.1 Å². The molecule has 142 valence electrons. The lowest BCUT2D eigenvalue weighted by Gasteiger charge is -2.15. The molecular formula is C18H13ClF4N2O2. The van der Waals surface area contributed by atoms with Gasteiger partial charge < -0.3 is 15.8 Å². The third kappa shape index (κ3) is 5.55. The molecular weight excluding hydrogens is 388 g/mol. The molecule has 2 rings (SSSR count). The van der Waals surface area contributed by atoms with Crippen molar-refractivity contribution in [2.45, 2.75) is 12.7 Å². The maximum Gasteiger partial charge on any atom is 0.416 e. The van der Waals surface area contributed by atoms with Crippen LogP contribution in [0.5, 0.6) is 0 Å². The predicted molar refractivity (Wildman–Crippen MR) is 93.8 cm³/mol. The minimum Gasteiger partial charge on any atom is -0.478 e. The molecule has 0 spiro atoms. The van der Waals surface area contributed by atoms with Gasteiger partial charge in [-0.05, 0) is 35.9 Å². The van der Waals surface area contributed by atoms with Gasteiger partial charge in [0.2, 0.25) is 0 Å². The summed E-state index contributed by atoms with van der Waals surface area (Å²) in [6.45, 7) is -0.0245. The molecule has 0 amide bonds. The Morgan fingerprint density at radius 3 is 2.48 bits per heavy atom. The molecule has 0 atom stereocenters. The van der Waals surface area contributed by atoms with Crippen LogP contribution in [0.2, 0.25) is 5.02 Å². The van der Waals surface area contributed by atoms with Crippen molar-refractivity contribution in [2.75, 3.05) is 5.32 Å². The lowest BCUT2D eigenvalue weighted by atomic mass is 10.0. The van der Waals surface area contributed by atoms with Gasteiger partial charge in [-0.15, -0.1) is 0 Å². The van der Waals surface area contributed by atoms with Crippen LogP contribution in [0.15, 0.2) is 48.6 Å². The molecule has 0 fully saturated rings. The summed E-state index contributed by atoms with van der Waals surface area (Å²) in [6.07, 6.45) is -2.93.